The minimum atomic E-state index is -0.714. The summed E-state index contributed by atoms with van der Waals surface area (Å²) in [6.07, 6.45) is -0.816. The molecule has 8 nitrogen and oxygen atoms in total. The van der Waals surface area contributed by atoms with Gasteiger partial charge in [0.1, 0.15) is 17.0 Å². The Morgan fingerprint density at radius 1 is 0.897 bits per heavy atom. The number of nitrogens with zero attached hydrogens (tertiary/aromatic N) is 1. The van der Waals surface area contributed by atoms with Crippen LogP contribution in [0, 0.1) is 0 Å². The van der Waals surface area contributed by atoms with E-state index >= 15 is 0 Å². The van der Waals surface area contributed by atoms with E-state index in [0.29, 0.717) is 19.6 Å². The van der Waals surface area contributed by atoms with Gasteiger partial charge >= 0.3 is 12.2 Å². The van der Waals surface area contributed by atoms with E-state index in [1.807, 2.05) is 31.2 Å². The second-order valence-corrected chi connectivity index (χ2v) is 8.31. The Bertz CT molecular complexity index is 669. The SMILES string of the molecule is CCOc1ccc(CCN=C(NC(=O)OC(C)(C)C)NC(=O)OC(C)(C)C)cc1. The molecule has 0 fully saturated rings. The number of carbonyl (C=O) groups excluding carboxylic acids is 2. The molecule has 0 bridgehead atoms. The fourth-order valence-corrected chi connectivity index (χ4v) is 2.13. The minimum Gasteiger partial charge on any atom is -0.494 e. The molecule has 0 aliphatic heterocycles. The molecule has 0 spiro atoms. The minimum absolute atomic E-state index is 0.0283. The van der Waals surface area contributed by atoms with Crippen LogP contribution in [0.4, 0.5) is 9.59 Å². The van der Waals surface area contributed by atoms with Crippen molar-refractivity contribution in [3.8, 4) is 5.75 Å². The number of carbonyl (C=O) groups is 2. The van der Waals surface area contributed by atoms with E-state index in [-0.39, 0.29) is 5.96 Å². The summed E-state index contributed by atoms with van der Waals surface area (Å²) in [7, 11) is 0. The van der Waals surface area contributed by atoms with Crippen LogP contribution in [0.2, 0.25) is 0 Å². The predicted molar refractivity (Wildman–Crippen MR) is 112 cm³/mol. The zero-order valence-corrected chi connectivity index (χ0v) is 18.4. The molecule has 0 saturated heterocycles. The van der Waals surface area contributed by atoms with Crippen LogP contribution in [0.3, 0.4) is 0 Å². The third kappa shape index (κ3) is 11.6. The van der Waals surface area contributed by atoms with Gasteiger partial charge in [0.2, 0.25) is 5.96 Å². The average molecular weight is 408 g/mol. The second-order valence-electron chi connectivity index (χ2n) is 8.31. The smallest absolute Gasteiger partial charge is 0.414 e. The summed E-state index contributed by atoms with van der Waals surface area (Å²) >= 11 is 0. The molecule has 8 heteroatoms. The van der Waals surface area contributed by atoms with Gasteiger partial charge in [-0.2, -0.15) is 0 Å². The lowest BCUT2D eigenvalue weighted by atomic mass is 10.1. The van der Waals surface area contributed by atoms with Gasteiger partial charge in [0.25, 0.3) is 0 Å². The van der Waals surface area contributed by atoms with Crippen LogP contribution in [0.25, 0.3) is 0 Å². The maximum Gasteiger partial charge on any atom is 0.414 e. The van der Waals surface area contributed by atoms with Crippen LogP contribution >= 0.6 is 0 Å². The fraction of sp³-hybridized carbons (Fsp3) is 0.571. The third-order valence-corrected chi connectivity index (χ3v) is 3.14. The second kappa shape index (κ2) is 10.7. The monoisotopic (exact) mass is 407 g/mol. The van der Waals surface area contributed by atoms with Crippen LogP contribution < -0.4 is 15.4 Å². The van der Waals surface area contributed by atoms with Crippen molar-refractivity contribution in [2.75, 3.05) is 13.2 Å². The summed E-state index contributed by atoms with van der Waals surface area (Å²) in [4.78, 5) is 28.4. The highest BCUT2D eigenvalue weighted by Gasteiger charge is 2.21. The molecule has 0 aliphatic rings. The Morgan fingerprint density at radius 2 is 1.38 bits per heavy atom. The van der Waals surface area contributed by atoms with Crippen LogP contribution in [0.15, 0.2) is 29.3 Å². The van der Waals surface area contributed by atoms with Crippen molar-refractivity contribution in [1.29, 1.82) is 0 Å². The lowest BCUT2D eigenvalue weighted by Crippen LogP contribution is -2.47. The topological polar surface area (TPSA) is 98.3 Å². The first kappa shape index (κ1) is 24.3. The van der Waals surface area contributed by atoms with E-state index in [4.69, 9.17) is 14.2 Å². The number of ether oxygens (including phenoxy) is 3. The van der Waals surface area contributed by atoms with Crippen LogP contribution in [-0.2, 0) is 15.9 Å². The molecule has 29 heavy (non-hydrogen) atoms. The Hall–Kier alpha value is -2.77. The fourth-order valence-electron chi connectivity index (χ4n) is 2.13. The summed E-state index contributed by atoms with van der Waals surface area (Å²) in [5, 5.41) is 4.92. The summed E-state index contributed by atoms with van der Waals surface area (Å²) in [6.45, 7) is 13.4. The van der Waals surface area contributed by atoms with E-state index in [9.17, 15) is 9.59 Å². The quantitative estimate of drug-likeness (QED) is 0.567. The van der Waals surface area contributed by atoms with E-state index in [1.165, 1.54) is 0 Å². The first-order chi connectivity index (χ1) is 13.4. The summed E-state index contributed by atoms with van der Waals surface area (Å²) in [5.41, 5.74) is -0.307. The number of hydrogen-bond donors (Lipinski definition) is 2. The van der Waals surface area contributed by atoms with Gasteiger partial charge in [0, 0.05) is 6.54 Å². The number of nitrogens with one attached hydrogen (secondary N) is 2. The summed E-state index contributed by atoms with van der Waals surface area (Å²) in [6, 6.07) is 7.67. The number of rotatable bonds is 5. The first-order valence-corrected chi connectivity index (χ1v) is 9.64. The molecule has 0 radical (unpaired) electrons. The maximum atomic E-state index is 12.0. The van der Waals surface area contributed by atoms with Crippen LogP contribution in [0.1, 0.15) is 54.0 Å². The van der Waals surface area contributed by atoms with Crippen molar-refractivity contribution < 1.29 is 23.8 Å². The molecule has 2 N–H and O–H groups in total. The Labute approximate surface area is 173 Å². The van der Waals surface area contributed by atoms with Gasteiger partial charge in [0.05, 0.1) is 6.61 Å². The normalized spacial score (nSPS) is 11.3. The highest BCUT2D eigenvalue weighted by atomic mass is 16.6. The lowest BCUT2D eigenvalue weighted by Gasteiger charge is -2.22. The molecule has 0 aromatic heterocycles. The maximum absolute atomic E-state index is 12.0. The van der Waals surface area contributed by atoms with Gasteiger partial charge in [-0.3, -0.25) is 15.6 Å². The lowest BCUT2D eigenvalue weighted by molar-refractivity contribution is 0.0545. The van der Waals surface area contributed by atoms with E-state index < -0.39 is 23.4 Å². The Kier molecular flexibility index (Phi) is 8.94. The number of guanidine groups is 1. The molecule has 1 aromatic rings. The van der Waals surface area contributed by atoms with E-state index in [0.717, 1.165) is 11.3 Å². The highest BCUT2D eigenvalue weighted by molar-refractivity contribution is 6.01. The molecule has 0 aliphatic carbocycles. The largest absolute Gasteiger partial charge is 0.494 e. The standard InChI is InChI=1S/C21H33N3O5/c1-8-27-16-11-9-15(10-12-16)13-14-22-17(23-18(25)28-20(2,3)4)24-19(26)29-21(5,6)7/h9-12H,8,13-14H2,1-7H3,(H2,22,23,24,25,26). The highest BCUT2D eigenvalue weighted by Crippen LogP contribution is 2.12. The number of benzene rings is 1. The van der Waals surface area contributed by atoms with Crippen LogP contribution in [-0.4, -0.2) is 42.5 Å². The molecule has 0 heterocycles. The Morgan fingerprint density at radius 3 is 1.79 bits per heavy atom. The zero-order chi connectivity index (χ0) is 22.1. The number of hydrogen-bond acceptors (Lipinski definition) is 6. The summed E-state index contributed by atoms with van der Waals surface area (Å²) in [5.74, 6) is 0.776. The molecule has 1 rings (SSSR count). The molecule has 162 valence electrons. The number of aliphatic imine (C=N–C) groups is 1. The van der Waals surface area contributed by atoms with Gasteiger partial charge in [-0.25, -0.2) is 9.59 Å². The van der Waals surface area contributed by atoms with Crippen molar-refractivity contribution in [2.45, 2.75) is 66.1 Å². The predicted octanol–water partition coefficient (Wildman–Crippen LogP) is 4.03. The van der Waals surface area contributed by atoms with Crippen molar-refractivity contribution in [1.82, 2.24) is 10.6 Å². The van der Waals surface area contributed by atoms with E-state index in [2.05, 4.69) is 15.6 Å². The molecule has 1 aromatic carbocycles. The number of amides is 2. The van der Waals surface area contributed by atoms with Crippen molar-refractivity contribution in [3.63, 3.8) is 0 Å². The molecular weight excluding hydrogens is 374 g/mol. The Balaban J connectivity index is 2.77. The molecule has 0 unspecified atom stereocenters. The van der Waals surface area contributed by atoms with Gasteiger partial charge < -0.3 is 14.2 Å². The first-order valence-electron chi connectivity index (χ1n) is 9.64. The summed E-state index contributed by atoms with van der Waals surface area (Å²) < 4.78 is 15.8. The number of alkyl carbamates (subject to hydrolysis) is 2. The zero-order valence-electron chi connectivity index (χ0n) is 18.4. The van der Waals surface area contributed by atoms with Gasteiger partial charge in [0.15, 0.2) is 0 Å². The van der Waals surface area contributed by atoms with Gasteiger partial charge in [-0.1, -0.05) is 12.1 Å². The van der Waals surface area contributed by atoms with Crippen molar-refractivity contribution in [3.05, 3.63) is 29.8 Å². The van der Waals surface area contributed by atoms with Crippen molar-refractivity contribution >= 4 is 18.1 Å². The van der Waals surface area contributed by atoms with Gasteiger partial charge in [-0.05, 0) is 72.6 Å². The van der Waals surface area contributed by atoms with E-state index in [1.54, 1.807) is 41.5 Å². The van der Waals surface area contributed by atoms with Crippen LogP contribution in [0.5, 0.6) is 5.75 Å². The molecular formula is C21H33N3O5. The van der Waals surface area contributed by atoms with Gasteiger partial charge in [-0.15, -0.1) is 0 Å². The molecule has 2 amide bonds. The molecule has 0 atom stereocenters. The third-order valence-electron chi connectivity index (χ3n) is 3.14. The average Bonchev–Trinajstić information content (AvgIpc) is 2.53. The van der Waals surface area contributed by atoms with Crippen molar-refractivity contribution in [2.24, 2.45) is 4.99 Å². The molecule has 0 saturated carbocycles.